The molecule has 2 aromatic rings. The number of amides is 2. The molecule has 1 aliphatic heterocycles. The second-order valence-electron chi connectivity index (χ2n) is 5.02. The van der Waals surface area contributed by atoms with Crippen molar-refractivity contribution < 1.29 is 14.3 Å². The highest BCUT2D eigenvalue weighted by Crippen LogP contribution is 2.26. The molecule has 2 amide bonds. The molecule has 0 spiro atoms. The highest BCUT2D eigenvalue weighted by molar-refractivity contribution is 7.09. The zero-order valence-electron chi connectivity index (χ0n) is 12.4. The first-order chi connectivity index (χ1) is 10.6. The van der Waals surface area contributed by atoms with E-state index in [1.807, 2.05) is 19.2 Å². The molecule has 1 aliphatic rings. The smallest absolute Gasteiger partial charge is 0.261 e. The van der Waals surface area contributed by atoms with Crippen LogP contribution >= 0.6 is 11.3 Å². The van der Waals surface area contributed by atoms with Gasteiger partial charge < -0.3 is 4.74 Å². The molecule has 1 aromatic carbocycles. The molecule has 0 N–H and O–H groups in total. The van der Waals surface area contributed by atoms with E-state index in [0.29, 0.717) is 23.4 Å². The Morgan fingerprint density at radius 2 is 1.86 bits per heavy atom. The normalized spacial score (nSPS) is 15.3. The minimum Gasteiger partial charge on any atom is -0.372 e. The van der Waals surface area contributed by atoms with Crippen LogP contribution < -0.4 is 0 Å². The molecule has 0 saturated heterocycles. The average Bonchev–Trinajstić information content (AvgIpc) is 3.08. The van der Waals surface area contributed by atoms with Gasteiger partial charge in [-0.1, -0.05) is 12.1 Å². The van der Waals surface area contributed by atoms with Crippen molar-refractivity contribution >= 4 is 23.2 Å². The molecule has 1 unspecified atom stereocenters. The van der Waals surface area contributed by atoms with Gasteiger partial charge in [0.25, 0.3) is 11.8 Å². The van der Waals surface area contributed by atoms with Gasteiger partial charge in [0.2, 0.25) is 0 Å². The van der Waals surface area contributed by atoms with Crippen molar-refractivity contribution in [2.45, 2.75) is 26.5 Å². The number of carbonyl (C=O) groups is 2. The van der Waals surface area contributed by atoms with Crippen molar-refractivity contribution in [3.8, 4) is 0 Å². The van der Waals surface area contributed by atoms with Crippen LogP contribution in [-0.4, -0.2) is 28.3 Å². The summed E-state index contributed by atoms with van der Waals surface area (Å²) in [5.74, 6) is -0.513. The molecule has 114 valence electrons. The zero-order chi connectivity index (χ0) is 15.7. The first kappa shape index (κ1) is 14.9. The van der Waals surface area contributed by atoms with E-state index >= 15 is 0 Å². The molecule has 0 aliphatic carbocycles. The van der Waals surface area contributed by atoms with E-state index in [4.69, 9.17) is 4.74 Å². The summed E-state index contributed by atoms with van der Waals surface area (Å²) in [5.41, 5.74) is 1.64. The van der Waals surface area contributed by atoms with Crippen molar-refractivity contribution in [2.24, 2.45) is 0 Å². The van der Waals surface area contributed by atoms with Crippen LogP contribution in [0.3, 0.4) is 0 Å². The summed E-state index contributed by atoms with van der Waals surface area (Å²) in [5, 5.41) is 2.72. The van der Waals surface area contributed by atoms with Gasteiger partial charge >= 0.3 is 0 Å². The van der Waals surface area contributed by atoms with Crippen molar-refractivity contribution in [3.05, 3.63) is 51.5 Å². The fourth-order valence-corrected chi connectivity index (χ4v) is 3.26. The van der Waals surface area contributed by atoms with Crippen molar-refractivity contribution in [1.82, 2.24) is 9.88 Å². The van der Waals surface area contributed by atoms with Gasteiger partial charge in [-0.25, -0.2) is 4.98 Å². The Hall–Kier alpha value is -2.05. The van der Waals surface area contributed by atoms with Crippen molar-refractivity contribution in [3.63, 3.8) is 0 Å². The Kier molecular flexibility index (Phi) is 4.04. The van der Waals surface area contributed by atoms with Crippen LogP contribution in [0.5, 0.6) is 0 Å². The molecule has 0 radical (unpaired) electrons. The highest BCUT2D eigenvalue weighted by atomic mass is 32.1. The van der Waals surface area contributed by atoms with Gasteiger partial charge in [0.05, 0.1) is 23.4 Å². The lowest BCUT2D eigenvalue weighted by atomic mass is 10.1. The standard InChI is InChI=1S/C16H16N2O3S/c1-3-21-10(2)14-17-11(9-22-14)8-18-15(19)12-6-4-5-7-13(12)16(18)20/h4-7,9-10H,3,8H2,1-2H3. The summed E-state index contributed by atoms with van der Waals surface area (Å²) < 4.78 is 5.50. The summed E-state index contributed by atoms with van der Waals surface area (Å²) in [6.07, 6.45) is -0.0778. The fourth-order valence-electron chi connectivity index (χ4n) is 2.45. The number of aromatic nitrogens is 1. The van der Waals surface area contributed by atoms with Crippen LogP contribution in [0.25, 0.3) is 0 Å². The van der Waals surface area contributed by atoms with Gasteiger partial charge in [0.1, 0.15) is 11.1 Å². The second kappa shape index (κ2) is 5.98. The summed E-state index contributed by atoms with van der Waals surface area (Å²) in [6, 6.07) is 6.88. The van der Waals surface area contributed by atoms with Crippen LogP contribution in [0.2, 0.25) is 0 Å². The summed E-state index contributed by atoms with van der Waals surface area (Å²) >= 11 is 1.48. The van der Waals surface area contributed by atoms with E-state index < -0.39 is 0 Å². The monoisotopic (exact) mass is 316 g/mol. The number of rotatable bonds is 5. The highest BCUT2D eigenvalue weighted by Gasteiger charge is 2.35. The molecule has 0 fully saturated rings. The average molecular weight is 316 g/mol. The largest absolute Gasteiger partial charge is 0.372 e. The van der Waals surface area contributed by atoms with Gasteiger partial charge in [-0.15, -0.1) is 11.3 Å². The maximum atomic E-state index is 12.3. The van der Waals surface area contributed by atoms with E-state index in [1.165, 1.54) is 16.2 Å². The lowest BCUT2D eigenvalue weighted by Gasteiger charge is -2.12. The molecule has 3 rings (SSSR count). The molecule has 6 heteroatoms. The van der Waals surface area contributed by atoms with Crippen LogP contribution in [-0.2, 0) is 11.3 Å². The summed E-state index contributed by atoms with van der Waals surface area (Å²) in [7, 11) is 0. The van der Waals surface area contributed by atoms with Crippen molar-refractivity contribution in [1.29, 1.82) is 0 Å². The minimum absolute atomic E-state index is 0.0778. The third-order valence-corrected chi connectivity index (χ3v) is 4.59. The Labute approximate surface area is 132 Å². The molecule has 0 saturated carbocycles. The number of benzene rings is 1. The van der Waals surface area contributed by atoms with E-state index in [9.17, 15) is 9.59 Å². The van der Waals surface area contributed by atoms with Crippen LogP contribution in [0.15, 0.2) is 29.6 Å². The van der Waals surface area contributed by atoms with Gasteiger partial charge in [-0.2, -0.15) is 0 Å². The quantitative estimate of drug-likeness (QED) is 0.796. The predicted octanol–water partition coefficient (Wildman–Crippen LogP) is 3.04. The molecular formula is C16H16N2O3S. The van der Waals surface area contributed by atoms with Gasteiger partial charge in [0.15, 0.2) is 0 Å². The fraction of sp³-hybridized carbons (Fsp3) is 0.312. The van der Waals surface area contributed by atoms with Gasteiger partial charge in [0, 0.05) is 12.0 Å². The number of hydrogen-bond acceptors (Lipinski definition) is 5. The topological polar surface area (TPSA) is 59.5 Å². The van der Waals surface area contributed by atoms with E-state index in [0.717, 1.165) is 5.01 Å². The lowest BCUT2D eigenvalue weighted by Crippen LogP contribution is -2.29. The Morgan fingerprint density at radius 3 is 2.45 bits per heavy atom. The summed E-state index contributed by atoms with van der Waals surface area (Å²) in [4.78, 5) is 30.3. The van der Waals surface area contributed by atoms with E-state index in [-0.39, 0.29) is 24.5 Å². The number of fused-ring (bicyclic) bond motifs is 1. The van der Waals surface area contributed by atoms with Crippen LogP contribution in [0.1, 0.15) is 51.4 Å². The number of ether oxygens (including phenoxy) is 1. The molecular weight excluding hydrogens is 300 g/mol. The SMILES string of the molecule is CCOC(C)c1nc(CN2C(=O)c3ccccc3C2=O)cs1. The molecule has 0 bridgehead atoms. The van der Waals surface area contributed by atoms with Crippen molar-refractivity contribution in [2.75, 3.05) is 6.61 Å². The molecule has 1 aromatic heterocycles. The number of imide groups is 1. The van der Waals surface area contributed by atoms with Gasteiger partial charge in [-0.05, 0) is 26.0 Å². The summed E-state index contributed by atoms with van der Waals surface area (Å²) in [6.45, 7) is 4.69. The third kappa shape index (κ3) is 2.55. The maximum absolute atomic E-state index is 12.3. The first-order valence-electron chi connectivity index (χ1n) is 7.13. The third-order valence-electron chi connectivity index (χ3n) is 3.53. The lowest BCUT2D eigenvalue weighted by molar-refractivity contribution is 0.0639. The number of hydrogen-bond donors (Lipinski definition) is 0. The molecule has 1 atom stereocenters. The number of thiazole rings is 1. The zero-order valence-corrected chi connectivity index (χ0v) is 13.2. The maximum Gasteiger partial charge on any atom is 0.261 e. The number of nitrogens with zero attached hydrogens (tertiary/aromatic N) is 2. The Bertz CT molecular complexity index is 691. The van der Waals surface area contributed by atoms with Crippen LogP contribution in [0.4, 0.5) is 0 Å². The van der Waals surface area contributed by atoms with E-state index in [2.05, 4.69) is 4.98 Å². The van der Waals surface area contributed by atoms with Gasteiger partial charge in [-0.3, -0.25) is 14.5 Å². The Balaban J connectivity index is 1.78. The van der Waals surface area contributed by atoms with Crippen LogP contribution in [0, 0.1) is 0 Å². The molecule has 2 heterocycles. The first-order valence-corrected chi connectivity index (χ1v) is 8.01. The molecule has 5 nitrogen and oxygen atoms in total. The minimum atomic E-state index is -0.256. The molecule has 22 heavy (non-hydrogen) atoms. The predicted molar refractivity (Wildman–Crippen MR) is 82.8 cm³/mol. The Morgan fingerprint density at radius 1 is 1.23 bits per heavy atom. The van der Waals surface area contributed by atoms with E-state index in [1.54, 1.807) is 24.3 Å². The number of carbonyl (C=O) groups excluding carboxylic acids is 2. The second-order valence-corrected chi connectivity index (χ2v) is 5.91.